The standard InChI is InChI=1S/C38H39B2N3O5/c1-35(2)36(3,4)46-39(45-35)26-17-19-29-30-20-18-27(40-47-37(5,6)38(7,8)48-40)23-32(30)43(31(29)22-26)28-16-12-15-25(21-28)34-42-41-33(44-34)24-13-10-9-11-14-24/h9-23H,1-8H3. The van der Waals surface area contributed by atoms with Crippen LogP contribution in [0.25, 0.3) is 50.4 Å². The Balaban J connectivity index is 1.29. The van der Waals surface area contributed by atoms with E-state index in [2.05, 4.69) is 119 Å². The van der Waals surface area contributed by atoms with Crippen LogP contribution in [-0.2, 0) is 18.6 Å². The molecule has 0 atom stereocenters. The maximum absolute atomic E-state index is 6.47. The molecule has 0 saturated carbocycles. The minimum atomic E-state index is -0.493. The van der Waals surface area contributed by atoms with Gasteiger partial charge in [-0.1, -0.05) is 48.5 Å². The molecule has 2 aliphatic rings. The molecule has 48 heavy (non-hydrogen) atoms. The smallest absolute Gasteiger partial charge is 0.416 e. The molecular weight excluding hydrogens is 600 g/mol. The van der Waals surface area contributed by atoms with Crippen molar-refractivity contribution in [3.8, 4) is 28.6 Å². The Hall–Kier alpha value is -4.21. The van der Waals surface area contributed by atoms with Crippen LogP contribution in [0.15, 0.2) is 95.4 Å². The Morgan fingerprint density at radius 1 is 0.500 bits per heavy atom. The second-order valence-corrected chi connectivity index (χ2v) is 14.9. The molecule has 2 saturated heterocycles. The number of nitrogens with zero attached hydrogens (tertiary/aromatic N) is 3. The molecule has 8 nitrogen and oxygen atoms in total. The van der Waals surface area contributed by atoms with Crippen LogP contribution in [0.3, 0.4) is 0 Å². The quantitative estimate of drug-likeness (QED) is 0.186. The van der Waals surface area contributed by atoms with E-state index < -0.39 is 36.6 Å². The van der Waals surface area contributed by atoms with Crippen molar-refractivity contribution in [2.45, 2.75) is 77.8 Å². The zero-order chi connectivity index (χ0) is 33.6. The first-order valence-corrected chi connectivity index (χ1v) is 16.5. The van der Waals surface area contributed by atoms with Crippen molar-refractivity contribution in [2.75, 3.05) is 0 Å². The molecule has 2 aliphatic heterocycles. The highest BCUT2D eigenvalue weighted by Gasteiger charge is 2.53. The molecule has 0 bridgehead atoms. The lowest BCUT2D eigenvalue weighted by Crippen LogP contribution is -2.41. The summed E-state index contributed by atoms with van der Waals surface area (Å²) < 4.78 is 34.3. The predicted octanol–water partition coefficient (Wildman–Crippen LogP) is 7.10. The second kappa shape index (κ2) is 10.6. The van der Waals surface area contributed by atoms with Crippen LogP contribution in [0.5, 0.6) is 0 Å². The first-order chi connectivity index (χ1) is 22.7. The number of hydrogen-bond acceptors (Lipinski definition) is 7. The lowest BCUT2D eigenvalue weighted by molar-refractivity contribution is 0.00578. The van der Waals surface area contributed by atoms with Crippen molar-refractivity contribution in [1.82, 2.24) is 14.8 Å². The number of rotatable bonds is 5. The Morgan fingerprint density at radius 2 is 0.958 bits per heavy atom. The topological polar surface area (TPSA) is 80.8 Å². The third-order valence-corrected chi connectivity index (χ3v) is 10.7. The molecule has 0 aliphatic carbocycles. The second-order valence-electron chi connectivity index (χ2n) is 14.9. The predicted molar refractivity (Wildman–Crippen MR) is 191 cm³/mol. The molecule has 4 aromatic carbocycles. The van der Waals surface area contributed by atoms with Crippen molar-refractivity contribution in [1.29, 1.82) is 0 Å². The first-order valence-electron chi connectivity index (χ1n) is 16.5. The first kappa shape index (κ1) is 31.1. The monoisotopic (exact) mass is 639 g/mol. The van der Waals surface area contributed by atoms with E-state index >= 15 is 0 Å². The highest BCUT2D eigenvalue weighted by atomic mass is 16.7. The van der Waals surface area contributed by atoms with Gasteiger partial charge in [0.25, 0.3) is 0 Å². The maximum Gasteiger partial charge on any atom is 0.494 e. The van der Waals surface area contributed by atoms with Crippen molar-refractivity contribution < 1.29 is 23.0 Å². The number of fused-ring (bicyclic) bond motifs is 3. The van der Waals surface area contributed by atoms with Gasteiger partial charge in [0, 0.05) is 27.6 Å². The molecule has 0 unspecified atom stereocenters. The van der Waals surface area contributed by atoms with Crippen LogP contribution in [0, 0.1) is 0 Å². The van der Waals surface area contributed by atoms with E-state index in [9.17, 15) is 0 Å². The van der Waals surface area contributed by atoms with Crippen LogP contribution >= 0.6 is 0 Å². The summed E-state index contributed by atoms with van der Waals surface area (Å²) in [6.07, 6.45) is 0. The fraction of sp³-hybridized carbons (Fsp3) is 0.316. The van der Waals surface area contributed by atoms with E-state index in [4.69, 9.17) is 23.0 Å². The lowest BCUT2D eigenvalue weighted by atomic mass is 9.78. The summed E-state index contributed by atoms with van der Waals surface area (Å²) in [5.74, 6) is 0.930. The SMILES string of the molecule is CC1(C)OB(c2ccc3c4ccc(B5OC(C)(C)C(C)(C)O5)cc4n(-c4cccc(-c5nnc(-c6ccccc6)o5)c4)c3c2)OC1(C)C. The summed E-state index contributed by atoms with van der Waals surface area (Å²) >= 11 is 0. The Morgan fingerprint density at radius 3 is 1.46 bits per heavy atom. The fourth-order valence-corrected chi connectivity index (χ4v) is 6.40. The third kappa shape index (κ3) is 4.93. The van der Waals surface area contributed by atoms with Crippen LogP contribution in [0.1, 0.15) is 55.4 Å². The number of benzene rings is 4. The summed E-state index contributed by atoms with van der Waals surface area (Å²) in [5.41, 5.74) is 4.80. The van der Waals surface area contributed by atoms with Gasteiger partial charge in [0.05, 0.1) is 33.4 Å². The normalized spacial score (nSPS) is 19.5. The maximum atomic E-state index is 6.47. The van der Waals surface area contributed by atoms with Gasteiger partial charge in [-0.3, -0.25) is 0 Å². The Labute approximate surface area is 281 Å². The van der Waals surface area contributed by atoms with Gasteiger partial charge in [0.15, 0.2) is 0 Å². The molecule has 2 aromatic heterocycles. The van der Waals surface area contributed by atoms with E-state index in [1.54, 1.807) is 0 Å². The fourth-order valence-electron chi connectivity index (χ4n) is 6.40. The van der Waals surface area contributed by atoms with E-state index in [-0.39, 0.29) is 0 Å². The number of aromatic nitrogens is 3. The molecule has 2 fully saturated rings. The van der Waals surface area contributed by atoms with Crippen molar-refractivity contribution in [3.05, 3.63) is 91.0 Å². The zero-order valence-electron chi connectivity index (χ0n) is 28.7. The minimum absolute atomic E-state index is 0.450. The van der Waals surface area contributed by atoms with Gasteiger partial charge in [0.2, 0.25) is 11.8 Å². The average molecular weight is 639 g/mol. The average Bonchev–Trinajstić information content (AvgIpc) is 3.77. The van der Waals surface area contributed by atoms with Gasteiger partial charge in [-0.2, -0.15) is 0 Å². The van der Waals surface area contributed by atoms with Crippen molar-refractivity contribution in [2.24, 2.45) is 0 Å². The van der Waals surface area contributed by atoms with E-state index in [1.165, 1.54) is 0 Å². The molecule has 242 valence electrons. The molecule has 0 spiro atoms. The molecule has 10 heteroatoms. The summed E-state index contributed by atoms with van der Waals surface area (Å²) in [7, 11) is -0.986. The largest absolute Gasteiger partial charge is 0.494 e. The van der Waals surface area contributed by atoms with Crippen molar-refractivity contribution >= 4 is 47.0 Å². The molecular formula is C38H39B2N3O5. The van der Waals surface area contributed by atoms with Crippen LogP contribution in [0.2, 0.25) is 0 Å². The Bertz CT molecular complexity index is 2060. The van der Waals surface area contributed by atoms with Gasteiger partial charge >= 0.3 is 14.2 Å². The molecule has 0 radical (unpaired) electrons. The van der Waals surface area contributed by atoms with E-state index in [0.717, 1.165) is 49.5 Å². The summed E-state index contributed by atoms with van der Waals surface area (Å²) in [6, 6.07) is 30.9. The number of hydrogen-bond donors (Lipinski definition) is 0. The molecule has 8 rings (SSSR count). The van der Waals surface area contributed by atoms with Crippen molar-refractivity contribution in [3.63, 3.8) is 0 Å². The molecule has 4 heterocycles. The highest BCUT2D eigenvalue weighted by molar-refractivity contribution is 6.63. The van der Waals surface area contributed by atoms with E-state index in [0.29, 0.717) is 11.8 Å². The molecule has 0 N–H and O–H groups in total. The third-order valence-electron chi connectivity index (χ3n) is 10.7. The zero-order valence-corrected chi connectivity index (χ0v) is 28.7. The summed E-state index contributed by atoms with van der Waals surface area (Å²) in [4.78, 5) is 0. The van der Waals surface area contributed by atoms with E-state index in [1.807, 2.05) is 42.5 Å². The van der Waals surface area contributed by atoms with Gasteiger partial charge in [-0.05, 0) is 109 Å². The van der Waals surface area contributed by atoms with Crippen LogP contribution in [-0.4, -0.2) is 51.4 Å². The molecule has 0 amide bonds. The van der Waals surface area contributed by atoms with Gasteiger partial charge in [0.1, 0.15) is 0 Å². The van der Waals surface area contributed by atoms with Crippen LogP contribution in [0.4, 0.5) is 0 Å². The van der Waals surface area contributed by atoms with Gasteiger partial charge in [-0.25, -0.2) is 0 Å². The van der Waals surface area contributed by atoms with Gasteiger partial charge < -0.3 is 27.6 Å². The molecule has 6 aromatic rings. The van der Waals surface area contributed by atoms with Gasteiger partial charge in [-0.15, -0.1) is 10.2 Å². The highest BCUT2D eigenvalue weighted by Crippen LogP contribution is 2.39. The lowest BCUT2D eigenvalue weighted by Gasteiger charge is -2.32. The summed E-state index contributed by atoms with van der Waals surface area (Å²) in [5, 5.41) is 11.0. The Kier molecular flexibility index (Phi) is 6.89. The van der Waals surface area contributed by atoms with Crippen LogP contribution < -0.4 is 10.9 Å². The summed E-state index contributed by atoms with van der Waals surface area (Å²) in [6.45, 7) is 16.6. The minimum Gasteiger partial charge on any atom is -0.416 e.